The highest BCUT2D eigenvalue weighted by Crippen LogP contribution is 2.14. The van der Waals surface area contributed by atoms with E-state index in [0.717, 1.165) is 0 Å². The summed E-state index contributed by atoms with van der Waals surface area (Å²) in [6, 6.07) is 0. The van der Waals surface area contributed by atoms with Crippen LogP contribution in [0.4, 0.5) is 0 Å². The molecular formula is C11H17N5O2. The van der Waals surface area contributed by atoms with Crippen molar-refractivity contribution in [1.82, 2.24) is 25.1 Å². The van der Waals surface area contributed by atoms with Gasteiger partial charge in [-0.2, -0.15) is 4.98 Å². The zero-order valence-electron chi connectivity index (χ0n) is 10.8. The maximum atomic E-state index is 5.62. The number of ether oxygens (including phenoxy) is 1. The summed E-state index contributed by atoms with van der Waals surface area (Å²) in [5, 5.41) is 11.4. The Balaban J connectivity index is 1.93. The Morgan fingerprint density at radius 3 is 2.89 bits per heavy atom. The molecule has 0 spiro atoms. The number of hydrogen-bond acceptors (Lipinski definition) is 6. The summed E-state index contributed by atoms with van der Waals surface area (Å²) >= 11 is 0. The molecule has 0 aromatic carbocycles. The Bertz CT molecular complexity index is 465. The molecule has 0 bridgehead atoms. The normalized spacial score (nSPS) is 13.1. The SMILES string of the molecule is CC(C)CO[C@H](C)c1noc(Cn2ccnn2)n1. The van der Waals surface area contributed by atoms with E-state index >= 15 is 0 Å². The van der Waals surface area contributed by atoms with Crippen molar-refractivity contribution in [2.75, 3.05) is 6.61 Å². The molecule has 0 radical (unpaired) electrons. The molecule has 0 saturated carbocycles. The van der Waals surface area contributed by atoms with Crippen LogP contribution in [0, 0.1) is 5.92 Å². The highest BCUT2D eigenvalue weighted by atomic mass is 16.5. The van der Waals surface area contributed by atoms with Crippen LogP contribution in [-0.2, 0) is 11.3 Å². The first-order valence-corrected chi connectivity index (χ1v) is 5.93. The fourth-order valence-electron chi connectivity index (χ4n) is 1.36. The predicted molar refractivity (Wildman–Crippen MR) is 62.6 cm³/mol. The summed E-state index contributed by atoms with van der Waals surface area (Å²) in [7, 11) is 0. The minimum Gasteiger partial charge on any atom is -0.370 e. The standard InChI is InChI=1S/C11H17N5O2/c1-8(2)7-17-9(3)11-13-10(18-14-11)6-16-5-4-12-15-16/h4-5,8-9H,6-7H2,1-3H3/t9-/m1/s1. The fourth-order valence-corrected chi connectivity index (χ4v) is 1.36. The van der Waals surface area contributed by atoms with Gasteiger partial charge in [-0.1, -0.05) is 24.2 Å². The monoisotopic (exact) mass is 251 g/mol. The topological polar surface area (TPSA) is 78.9 Å². The third-order valence-corrected chi connectivity index (χ3v) is 2.30. The van der Waals surface area contributed by atoms with Gasteiger partial charge in [0.15, 0.2) is 5.82 Å². The second-order valence-electron chi connectivity index (χ2n) is 4.52. The molecule has 2 aromatic rings. The predicted octanol–water partition coefficient (Wildman–Crippen LogP) is 1.44. The Labute approximate surface area is 105 Å². The van der Waals surface area contributed by atoms with Crippen LogP contribution in [-0.4, -0.2) is 31.7 Å². The van der Waals surface area contributed by atoms with Gasteiger partial charge in [0, 0.05) is 12.8 Å². The lowest BCUT2D eigenvalue weighted by molar-refractivity contribution is 0.0402. The number of nitrogens with zero attached hydrogens (tertiary/aromatic N) is 5. The van der Waals surface area contributed by atoms with E-state index in [2.05, 4.69) is 34.3 Å². The highest BCUT2D eigenvalue weighted by Gasteiger charge is 2.15. The lowest BCUT2D eigenvalue weighted by Gasteiger charge is -2.10. The van der Waals surface area contributed by atoms with E-state index in [1.807, 2.05) is 6.92 Å². The van der Waals surface area contributed by atoms with E-state index in [9.17, 15) is 0 Å². The van der Waals surface area contributed by atoms with Gasteiger partial charge in [0.25, 0.3) is 0 Å². The first-order valence-electron chi connectivity index (χ1n) is 5.93. The van der Waals surface area contributed by atoms with Crippen LogP contribution >= 0.6 is 0 Å². The van der Waals surface area contributed by atoms with E-state index < -0.39 is 0 Å². The molecule has 18 heavy (non-hydrogen) atoms. The summed E-state index contributed by atoms with van der Waals surface area (Å²) in [5.41, 5.74) is 0. The van der Waals surface area contributed by atoms with Crippen LogP contribution in [0.3, 0.4) is 0 Å². The molecule has 0 aliphatic carbocycles. The molecule has 0 unspecified atom stereocenters. The minimum atomic E-state index is -0.166. The average Bonchev–Trinajstić information content (AvgIpc) is 2.98. The average molecular weight is 251 g/mol. The van der Waals surface area contributed by atoms with Crippen LogP contribution in [0.25, 0.3) is 0 Å². The molecular weight excluding hydrogens is 234 g/mol. The smallest absolute Gasteiger partial charge is 0.248 e. The van der Waals surface area contributed by atoms with Crippen molar-refractivity contribution in [2.24, 2.45) is 5.92 Å². The van der Waals surface area contributed by atoms with Crippen LogP contribution in [0.2, 0.25) is 0 Å². The van der Waals surface area contributed by atoms with Crippen LogP contribution in [0.15, 0.2) is 16.9 Å². The zero-order valence-corrected chi connectivity index (χ0v) is 10.8. The number of rotatable bonds is 6. The first-order chi connectivity index (χ1) is 8.65. The lowest BCUT2D eigenvalue weighted by atomic mass is 10.2. The lowest BCUT2D eigenvalue weighted by Crippen LogP contribution is -2.08. The second kappa shape index (κ2) is 5.72. The molecule has 0 N–H and O–H groups in total. The van der Waals surface area contributed by atoms with Crippen LogP contribution in [0.5, 0.6) is 0 Å². The Morgan fingerprint density at radius 1 is 1.39 bits per heavy atom. The molecule has 2 rings (SSSR count). The maximum Gasteiger partial charge on any atom is 0.248 e. The Hall–Kier alpha value is -1.76. The second-order valence-corrected chi connectivity index (χ2v) is 4.52. The van der Waals surface area contributed by atoms with Gasteiger partial charge in [-0.05, 0) is 12.8 Å². The molecule has 0 aliphatic rings. The Morgan fingerprint density at radius 2 is 2.22 bits per heavy atom. The molecule has 0 amide bonds. The molecule has 0 saturated heterocycles. The van der Waals surface area contributed by atoms with E-state index in [4.69, 9.17) is 9.26 Å². The highest BCUT2D eigenvalue weighted by molar-refractivity contribution is 4.90. The summed E-state index contributed by atoms with van der Waals surface area (Å²) in [4.78, 5) is 4.27. The minimum absolute atomic E-state index is 0.166. The van der Waals surface area contributed by atoms with Gasteiger partial charge in [0.2, 0.25) is 5.89 Å². The van der Waals surface area contributed by atoms with Gasteiger partial charge >= 0.3 is 0 Å². The number of hydrogen-bond donors (Lipinski definition) is 0. The van der Waals surface area contributed by atoms with E-state index in [1.54, 1.807) is 17.1 Å². The molecule has 0 aliphatic heterocycles. The molecule has 2 heterocycles. The largest absolute Gasteiger partial charge is 0.370 e. The zero-order chi connectivity index (χ0) is 13.0. The molecule has 98 valence electrons. The molecule has 0 fully saturated rings. The third-order valence-electron chi connectivity index (χ3n) is 2.30. The molecule has 7 heteroatoms. The molecule has 7 nitrogen and oxygen atoms in total. The van der Waals surface area contributed by atoms with Crippen molar-refractivity contribution in [3.63, 3.8) is 0 Å². The maximum absolute atomic E-state index is 5.62. The van der Waals surface area contributed by atoms with Gasteiger partial charge in [-0.25, -0.2) is 4.68 Å². The van der Waals surface area contributed by atoms with Gasteiger partial charge in [-0.3, -0.25) is 0 Å². The van der Waals surface area contributed by atoms with Gasteiger partial charge in [-0.15, -0.1) is 5.10 Å². The Kier molecular flexibility index (Phi) is 4.03. The summed E-state index contributed by atoms with van der Waals surface area (Å²) in [6.07, 6.45) is 3.18. The summed E-state index contributed by atoms with van der Waals surface area (Å²) in [6.45, 7) is 7.20. The molecule has 2 aromatic heterocycles. The van der Waals surface area contributed by atoms with Crippen molar-refractivity contribution in [3.8, 4) is 0 Å². The fraction of sp³-hybridized carbons (Fsp3) is 0.636. The van der Waals surface area contributed by atoms with Crippen molar-refractivity contribution < 1.29 is 9.26 Å². The summed E-state index contributed by atoms with van der Waals surface area (Å²) in [5.74, 6) is 1.54. The van der Waals surface area contributed by atoms with Gasteiger partial charge in [0.05, 0.1) is 6.20 Å². The first kappa shape index (κ1) is 12.7. The summed E-state index contributed by atoms with van der Waals surface area (Å²) < 4.78 is 12.4. The van der Waals surface area contributed by atoms with Crippen molar-refractivity contribution in [2.45, 2.75) is 33.4 Å². The van der Waals surface area contributed by atoms with E-state index in [-0.39, 0.29) is 6.10 Å². The van der Waals surface area contributed by atoms with Crippen LogP contribution in [0.1, 0.15) is 38.6 Å². The number of aromatic nitrogens is 5. The van der Waals surface area contributed by atoms with E-state index in [0.29, 0.717) is 30.8 Å². The van der Waals surface area contributed by atoms with Crippen molar-refractivity contribution in [1.29, 1.82) is 0 Å². The molecule has 1 atom stereocenters. The van der Waals surface area contributed by atoms with Gasteiger partial charge < -0.3 is 9.26 Å². The van der Waals surface area contributed by atoms with Crippen molar-refractivity contribution >= 4 is 0 Å². The quantitative estimate of drug-likeness (QED) is 0.773. The van der Waals surface area contributed by atoms with E-state index in [1.165, 1.54) is 0 Å². The van der Waals surface area contributed by atoms with Crippen LogP contribution < -0.4 is 0 Å². The van der Waals surface area contributed by atoms with Crippen molar-refractivity contribution in [3.05, 3.63) is 24.1 Å². The van der Waals surface area contributed by atoms with Gasteiger partial charge in [0.1, 0.15) is 12.6 Å². The third kappa shape index (κ3) is 3.36.